The molecule has 4 rings (SSSR count). The van der Waals surface area contributed by atoms with Crippen molar-refractivity contribution in [3.05, 3.63) is 90.0 Å². The maximum atomic E-state index is 14.0. The molecule has 0 bridgehead atoms. The van der Waals surface area contributed by atoms with Gasteiger partial charge >= 0.3 is 0 Å². The standard InChI is InChI=1S/C22H18F2N2O2S/c1-15-13-21(25-18-10-7-16(23)8-11-18)20-14-17(24)9-12-22(20)26(15)29(27,28)19-5-3-2-4-6-19/h2-12,14-15H,13H2,1H3. The van der Waals surface area contributed by atoms with Crippen molar-refractivity contribution in [2.45, 2.75) is 24.3 Å². The number of fused-ring (bicyclic) bond motifs is 1. The van der Waals surface area contributed by atoms with Crippen molar-refractivity contribution in [3.63, 3.8) is 0 Å². The number of benzene rings is 3. The van der Waals surface area contributed by atoms with Gasteiger partial charge in [-0.25, -0.2) is 17.2 Å². The van der Waals surface area contributed by atoms with E-state index in [0.29, 0.717) is 29.1 Å². The monoisotopic (exact) mass is 412 g/mol. The predicted molar refractivity (Wildman–Crippen MR) is 109 cm³/mol. The van der Waals surface area contributed by atoms with Gasteiger partial charge in [0.15, 0.2) is 0 Å². The van der Waals surface area contributed by atoms with Gasteiger partial charge in [0.25, 0.3) is 10.0 Å². The zero-order valence-electron chi connectivity index (χ0n) is 15.6. The van der Waals surface area contributed by atoms with Crippen molar-refractivity contribution in [1.82, 2.24) is 0 Å². The molecule has 0 spiro atoms. The topological polar surface area (TPSA) is 49.7 Å². The van der Waals surface area contributed by atoms with Crippen LogP contribution in [0.4, 0.5) is 20.2 Å². The van der Waals surface area contributed by atoms with Crippen molar-refractivity contribution in [1.29, 1.82) is 0 Å². The fourth-order valence-corrected chi connectivity index (χ4v) is 5.19. The Labute approximate surface area is 168 Å². The second-order valence-corrected chi connectivity index (χ2v) is 8.68. The lowest BCUT2D eigenvalue weighted by atomic mass is 9.96. The smallest absolute Gasteiger partial charge is 0.262 e. The van der Waals surface area contributed by atoms with Crippen LogP contribution in [0.25, 0.3) is 0 Å². The summed E-state index contributed by atoms with van der Waals surface area (Å²) in [6.07, 6.45) is 0.292. The molecule has 0 N–H and O–H groups in total. The molecule has 1 atom stereocenters. The van der Waals surface area contributed by atoms with Crippen LogP contribution in [0, 0.1) is 11.6 Å². The number of nitrogens with zero attached hydrogens (tertiary/aromatic N) is 2. The Balaban J connectivity index is 1.86. The third-order valence-electron chi connectivity index (χ3n) is 4.79. The van der Waals surface area contributed by atoms with Gasteiger partial charge < -0.3 is 0 Å². The van der Waals surface area contributed by atoms with Crippen molar-refractivity contribution >= 4 is 27.1 Å². The second-order valence-electron chi connectivity index (χ2n) is 6.86. The van der Waals surface area contributed by atoms with E-state index in [1.54, 1.807) is 25.1 Å². The molecule has 4 nitrogen and oxygen atoms in total. The van der Waals surface area contributed by atoms with Crippen LogP contribution >= 0.6 is 0 Å². The highest BCUT2D eigenvalue weighted by Gasteiger charge is 2.36. The van der Waals surface area contributed by atoms with Gasteiger partial charge in [0.2, 0.25) is 0 Å². The number of rotatable bonds is 3. The third-order valence-corrected chi connectivity index (χ3v) is 6.73. The van der Waals surface area contributed by atoms with E-state index in [-0.39, 0.29) is 10.7 Å². The summed E-state index contributed by atoms with van der Waals surface area (Å²) >= 11 is 0. The minimum Gasteiger partial charge on any atom is -0.262 e. The van der Waals surface area contributed by atoms with Crippen LogP contribution in [0.15, 0.2) is 82.7 Å². The Kier molecular flexibility index (Phi) is 4.92. The molecule has 148 valence electrons. The van der Waals surface area contributed by atoms with E-state index < -0.39 is 21.9 Å². The summed E-state index contributed by atoms with van der Waals surface area (Å²) in [4.78, 5) is 4.71. The van der Waals surface area contributed by atoms with Crippen LogP contribution < -0.4 is 4.31 Å². The third kappa shape index (κ3) is 3.65. The number of anilines is 1. The molecule has 1 aliphatic heterocycles. The Morgan fingerprint density at radius 1 is 0.931 bits per heavy atom. The average molecular weight is 412 g/mol. The molecule has 0 radical (unpaired) electrons. The van der Waals surface area contributed by atoms with Gasteiger partial charge in [-0.1, -0.05) is 18.2 Å². The first-order valence-corrected chi connectivity index (χ1v) is 10.5. The van der Waals surface area contributed by atoms with Crippen molar-refractivity contribution in [2.75, 3.05) is 4.31 Å². The Bertz CT molecular complexity index is 1180. The van der Waals surface area contributed by atoms with E-state index in [9.17, 15) is 17.2 Å². The lowest BCUT2D eigenvalue weighted by Crippen LogP contribution is -2.44. The normalized spacial score (nSPS) is 18.0. The highest BCUT2D eigenvalue weighted by atomic mass is 32.2. The summed E-state index contributed by atoms with van der Waals surface area (Å²) in [6.45, 7) is 1.78. The first-order valence-electron chi connectivity index (χ1n) is 9.09. The van der Waals surface area contributed by atoms with Gasteiger partial charge in [-0.3, -0.25) is 9.30 Å². The first kappa shape index (κ1) is 19.3. The largest absolute Gasteiger partial charge is 0.264 e. The van der Waals surface area contributed by atoms with Crippen molar-refractivity contribution in [2.24, 2.45) is 4.99 Å². The lowest BCUT2D eigenvalue weighted by molar-refractivity contribution is 0.579. The number of sulfonamides is 1. The van der Waals surface area contributed by atoms with Gasteiger partial charge in [0, 0.05) is 18.0 Å². The summed E-state index contributed by atoms with van der Waals surface area (Å²) < 4.78 is 55.1. The van der Waals surface area contributed by atoms with Crippen molar-refractivity contribution in [3.8, 4) is 0 Å². The van der Waals surface area contributed by atoms with Gasteiger partial charge in [-0.05, 0) is 61.5 Å². The number of hydrogen-bond acceptors (Lipinski definition) is 3. The highest BCUT2D eigenvalue weighted by Crippen LogP contribution is 2.37. The lowest BCUT2D eigenvalue weighted by Gasteiger charge is -2.36. The maximum Gasteiger partial charge on any atom is 0.264 e. The maximum absolute atomic E-state index is 14.0. The SMILES string of the molecule is CC1CC(=Nc2ccc(F)cc2)c2cc(F)ccc2N1S(=O)(=O)c1ccccc1. The molecule has 1 unspecified atom stereocenters. The number of hydrogen-bond donors (Lipinski definition) is 0. The van der Waals surface area contributed by atoms with Gasteiger partial charge in [0.1, 0.15) is 11.6 Å². The zero-order chi connectivity index (χ0) is 20.6. The average Bonchev–Trinajstić information content (AvgIpc) is 2.70. The molecule has 1 aliphatic rings. The summed E-state index contributed by atoms with van der Waals surface area (Å²) in [5, 5.41) is 0. The zero-order valence-corrected chi connectivity index (χ0v) is 16.4. The second kappa shape index (κ2) is 7.40. The molecule has 0 fully saturated rings. The Morgan fingerprint density at radius 2 is 1.59 bits per heavy atom. The summed E-state index contributed by atoms with van der Waals surface area (Å²) in [5.41, 5.74) is 1.85. The van der Waals surface area contributed by atoms with E-state index in [4.69, 9.17) is 0 Å². The highest BCUT2D eigenvalue weighted by molar-refractivity contribution is 7.92. The minimum absolute atomic E-state index is 0.168. The fraction of sp³-hybridized carbons (Fsp3) is 0.136. The van der Waals surface area contributed by atoms with Gasteiger partial charge in [-0.15, -0.1) is 0 Å². The minimum atomic E-state index is -3.83. The molecule has 0 aromatic heterocycles. The number of aliphatic imine (C=N–C) groups is 1. The molecule has 3 aromatic carbocycles. The molecule has 1 heterocycles. The molecular formula is C22H18F2N2O2S. The fourth-order valence-electron chi connectivity index (χ4n) is 3.49. The summed E-state index contributed by atoms with van der Waals surface area (Å²) in [6, 6.07) is 17.3. The van der Waals surface area contributed by atoms with Crippen molar-refractivity contribution < 1.29 is 17.2 Å². The summed E-state index contributed by atoms with van der Waals surface area (Å²) in [5.74, 6) is -0.861. The van der Waals surface area contributed by atoms with Crippen LogP contribution in [0.5, 0.6) is 0 Å². The van der Waals surface area contributed by atoms with E-state index in [0.717, 1.165) is 0 Å². The van der Waals surface area contributed by atoms with Crippen LogP contribution in [-0.2, 0) is 10.0 Å². The molecule has 3 aromatic rings. The van der Waals surface area contributed by atoms with E-state index in [1.165, 1.54) is 58.9 Å². The van der Waals surface area contributed by atoms with E-state index >= 15 is 0 Å². The first-order chi connectivity index (χ1) is 13.9. The summed E-state index contributed by atoms with van der Waals surface area (Å²) in [7, 11) is -3.83. The number of halogens is 2. The Morgan fingerprint density at radius 3 is 2.28 bits per heavy atom. The van der Waals surface area contributed by atoms with Crippen LogP contribution in [0.1, 0.15) is 18.9 Å². The molecule has 7 heteroatoms. The van der Waals surface area contributed by atoms with Gasteiger partial charge in [0.05, 0.1) is 22.0 Å². The molecule has 29 heavy (non-hydrogen) atoms. The quantitative estimate of drug-likeness (QED) is 0.603. The predicted octanol–water partition coefficient (Wildman–Crippen LogP) is 5.07. The van der Waals surface area contributed by atoms with E-state index in [2.05, 4.69) is 4.99 Å². The van der Waals surface area contributed by atoms with Crippen LogP contribution in [-0.4, -0.2) is 20.2 Å². The van der Waals surface area contributed by atoms with Crippen LogP contribution in [0.2, 0.25) is 0 Å². The molecule has 0 aliphatic carbocycles. The molecule has 0 saturated carbocycles. The van der Waals surface area contributed by atoms with E-state index in [1.807, 2.05) is 0 Å². The molecule has 0 saturated heterocycles. The van der Waals surface area contributed by atoms with Crippen LogP contribution in [0.3, 0.4) is 0 Å². The Hall–Kier alpha value is -3.06. The molecular weight excluding hydrogens is 394 g/mol. The molecule has 0 amide bonds. The van der Waals surface area contributed by atoms with Gasteiger partial charge in [-0.2, -0.15) is 0 Å².